The van der Waals surface area contributed by atoms with Crippen molar-refractivity contribution in [2.24, 2.45) is 11.8 Å². The van der Waals surface area contributed by atoms with E-state index in [1.807, 2.05) is 19.9 Å². The molecular formula is C10H16N2O. The zero-order valence-electron chi connectivity index (χ0n) is 8.21. The minimum absolute atomic E-state index is 0.0952. The molecule has 1 saturated carbocycles. The molecule has 0 aromatic rings. The summed E-state index contributed by atoms with van der Waals surface area (Å²) < 4.78 is 0. The number of amides is 1. The van der Waals surface area contributed by atoms with Crippen molar-refractivity contribution in [3.63, 3.8) is 0 Å². The molecule has 0 spiro atoms. The third-order valence-electron chi connectivity index (χ3n) is 2.54. The van der Waals surface area contributed by atoms with Crippen molar-refractivity contribution in [2.45, 2.75) is 39.2 Å². The summed E-state index contributed by atoms with van der Waals surface area (Å²) in [6.07, 6.45) is 3.34. The molecule has 0 radical (unpaired) electrons. The third-order valence-corrected chi connectivity index (χ3v) is 2.54. The van der Waals surface area contributed by atoms with E-state index in [4.69, 9.17) is 5.26 Å². The molecule has 1 aliphatic carbocycles. The summed E-state index contributed by atoms with van der Waals surface area (Å²) >= 11 is 0. The molecule has 0 heterocycles. The number of hydrogen-bond acceptors (Lipinski definition) is 2. The van der Waals surface area contributed by atoms with Gasteiger partial charge in [-0.3, -0.25) is 4.79 Å². The lowest BCUT2D eigenvalue weighted by molar-refractivity contribution is -0.125. The maximum absolute atomic E-state index is 11.5. The van der Waals surface area contributed by atoms with Gasteiger partial charge in [-0.05, 0) is 25.2 Å². The van der Waals surface area contributed by atoms with E-state index < -0.39 is 5.92 Å². The highest BCUT2D eigenvalue weighted by Crippen LogP contribution is 2.19. The number of nitrogens with zero attached hydrogens (tertiary/aromatic N) is 1. The topological polar surface area (TPSA) is 52.9 Å². The third kappa shape index (κ3) is 2.45. The van der Waals surface area contributed by atoms with Crippen LogP contribution in [-0.4, -0.2) is 11.9 Å². The van der Waals surface area contributed by atoms with Crippen LogP contribution >= 0.6 is 0 Å². The molecule has 0 saturated heterocycles. The van der Waals surface area contributed by atoms with Crippen molar-refractivity contribution in [1.82, 2.24) is 5.32 Å². The van der Waals surface area contributed by atoms with E-state index in [0.29, 0.717) is 6.04 Å². The van der Waals surface area contributed by atoms with Crippen molar-refractivity contribution < 1.29 is 4.79 Å². The molecule has 1 N–H and O–H groups in total. The maximum atomic E-state index is 11.5. The first-order valence-corrected chi connectivity index (χ1v) is 4.85. The summed E-state index contributed by atoms with van der Waals surface area (Å²) in [4.78, 5) is 11.5. The smallest absolute Gasteiger partial charge is 0.237 e. The molecule has 1 aliphatic rings. The van der Waals surface area contributed by atoms with Crippen LogP contribution in [0.15, 0.2) is 0 Å². The molecule has 1 unspecified atom stereocenters. The lowest BCUT2D eigenvalue weighted by atomic mass is 9.91. The number of nitriles is 1. The summed E-state index contributed by atoms with van der Waals surface area (Å²) in [7, 11) is 0. The van der Waals surface area contributed by atoms with Crippen LogP contribution in [0.4, 0.5) is 0 Å². The van der Waals surface area contributed by atoms with Gasteiger partial charge in [0.15, 0.2) is 0 Å². The van der Waals surface area contributed by atoms with Gasteiger partial charge in [0.1, 0.15) is 5.92 Å². The van der Waals surface area contributed by atoms with Crippen LogP contribution in [0.25, 0.3) is 0 Å². The molecule has 1 amide bonds. The Hall–Kier alpha value is -1.04. The zero-order valence-corrected chi connectivity index (χ0v) is 8.21. The Morgan fingerprint density at radius 2 is 2.15 bits per heavy atom. The summed E-state index contributed by atoms with van der Waals surface area (Å²) in [5.41, 5.74) is 0. The summed E-state index contributed by atoms with van der Waals surface area (Å²) in [5.74, 6) is -0.479. The minimum Gasteiger partial charge on any atom is -0.352 e. The van der Waals surface area contributed by atoms with Crippen LogP contribution < -0.4 is 5.32 Å². The molecule has 72 valence electrons. The predicted octanol–water partition coefficient (Wildman–Crippen LogP) is 1.45. The first-order valence-electron chi connectivity index (χ1n) is 4.85. The number of nitrogens with one attached hydrogen (secondary N) is 1. The van der Waals surface area contributed by atoms with E-state index in [1.54, 1.807) is 0 Å². The Morgan fingerprint density at radius 1 is 1.54 bits per heavy atom. The van der Waals surface area contributed by atoms with Crippen LogP contribution in [0, 0.1) is 23.2 Å². The second-order valence-electron chi connectivity index (χ2n) is 3.99. The number of carbonyl (C=O) groups excluding carboxylic acids is 1. The van der Waals surface area contributed by atoms with E-state index in [2.05, 4.69) is 5.32 Å². The molecular weight excluding hydrogens is 164 g/mol. The van der Waals surface area contributed by atoms with E-state index in [-0.39, 0.29) is 11.8 Å². The Bertz CT molecular complexity index is 226. The van der Waals surface area contributed by atoms with Crippen LogP contribution in [0.1, 0.15) is 33.1 Å². The Balaban J connectivity index is 2.40. The molecule has 1 rings (SSSR count). The van der Waals surface area contributed by atoms with Gasteiger partial charge in [-0.25, -0.2) is 0 Å². The first kappa shape index (κ1) is 10.0. The van der Waals surface area contributed by atoms with Crippen molar-refractivity contribution in [3.8, 4) is 6.07 Å². The largest absolute Gasteiger partial charge is 0.352 e. The fourth-order valence-corrected chi connectivity index (χ4v) is 1.35. The van der Waals surface area contributed by atoms with E-state index >= 15 is 0 Å². The van der Waals surface area contributed by atoms with Crippen LogP contribution in [0.3, 0.4) is 0 Å². The van der Waals surface area contributed by atoms with Crippen molar-refractivity contribution >= 4 is 5.91 Å². The predicted molar refractivity (Wildman–Crippen MR) is 49.7 cm³/mol. The van der Waals surface area contributed by atoms with Gasteiger partial charge in [0.2, 0.25) is 5.91 Å². The molecule has 0 aromatic heterocycles. The van der Waals surface area contributed by atoms with Gasteiger partial charge in [-0.2, -0.15) is 5.26 Å². The molecule has 3 heteroatoms. The number of rotatable bonds is 3. The SMILES string of the molecule is CC(C)C(C#N)C(=O)NC1CCC1. The van der Waals surface area contributed by atoms with Gasteiger partial charge < -0.3 is 5.32 Å². The normalized spacial score (nSPS) is 18.9. The van der Waals surface area contributed by atoms with Crippen LogP contribution in [0.2, 0.25) is 0 Å². The summed E-state index contributed by atoms with van der Waals surface area (Å²) in [6, 6.07) is 2.38. The average Bonchev–Trinajstić information content (AvgIpc) is 1.97. The van der Waals surface area contributed by atoms with Gasteiger partial charge in [-0.1, -0.05) is 13.8 Å². The highest BCUT2D eigenvalue weighted by molar-refractivity contribution is 5.81. The average molecular weight is 180 g/mol. The summed E-state index contributed by atoms with van der Waals surface area (Å²) in [5, 5.41) is 11.6. The molecule has 1 atom stereocenters. The van der Waals surface area contributed by atoms with Crippen LogP contribution in [0.5, 0.6) is 0 Å². The van der Waals surface area contributed by atoms with Gasteiger partial charge in [0, 0.05) is 6.04 Å². The van der Waals surface area contributed by atoms with E-state index in [1.165, 1.54) is 6.42 Å². The molecule has 1 fully saturated rings. The Morgan fingerprint density at radius 3 is 2.46 bits per heavy atom. The van der Waals surface area contributed by atoms with Crippen LogP contribution in [-0.2, 0) is 4.79 Å². The molecule has 3 nitrogen and oxygen atoms in total. The van der Waals surface area contributed by atoms with Crippen molar-refractivity contribution in [3.05, 3.63) is 0 Å². The fraction of sp³-hybridized carbons (Fsp3) is 0.800. The van der Waals surface area contributed by atoms with Gasteiger partial charge in [0.25, 0.3) is 0 Å². The zero-order chi connectivity index (χ0) is 9.84. The van der Waals surface area contributed by atoms with Crippen molar-refractivity contribution in [1.29, 1.82) is 5.26 Å². The second-order valence-corrected chi connectivity index (χ2v) is 3.99. The fourth-order valence-electron chi connectivity index (χ4n) is 1.35. The lowest BCUT2D eigenvalue weighted by Gasteiger charge is -2.27. The Labute approximate surface area is 79.1 Å². The lowest BCUT2D eigenvalue weighted by Crippen LogP contribution is -2.43. The second kappa shape index (κ2) is 4.27. The molecule has 0 aliphatic heterocycles. The van der Waals surface area contributed by atoms with Gasteiger partial charge in [-0.15, -0.1) is 0 Å². The monoisotopic (exact) mass is 180 g/mol. The highest BCUT2D eigenvalue weighted by atomic mass is 16.1. The standard InChI is InChI=1S/C10H16N2O/c1-7(2)9(6-11)10(13)12-8-4-3-5-8/h7-9H,3-5H2,1-2H3,(H,12,13). The molecule has 0 aromatic carbocycles. The maximum Gasteiger partial charge on any atom is 0.237 e. The van der Waals surface area contributed by atoms with Crippen molar-refractivity contribution in [2.75, 3.05) is 0 Å². The van der Waals surface area contributed by atoms with E-state index in [9.17, 15) is 4.79 Å². The molecule has 13 heavy (non-hydrogen) atoms. The van der Waals surface area contributed by atoms with Gasteiger partial charge >= 0.3 is 0 Å². The first-order chi connectivity index (χ1) is 6.15. The van der Waals surface area contributed by atoms with Gasteiger partial charge in [0.05, 0.1) is 6.07 Å². The molecule has 0 bridgehead atoms. The quantitative estimate of drug-likeness (QED) is 0.714. The number of hydrogen-bond donors (Lipinski definition) is 1. The minimum atomic E-state index is -0.486. The number of carbonyl (C=O) groups is 1. The Kier molecular flexibility index (Phi) is 3.30. The summed E-state index contributed by atoms with van der Waals surface area (Å²) in [6.45, 7) is 3.79. The van der Waals surface area contributed by atoms with E-state index in [0.717, 1.165) is 12.8 Å². The highest BCUT2D eigenvalue weighted by Gasteiger charge is 2.26.